The second-order valence-corrected chi connectivity index (χ2v) is 1.14. The van der Waals surface area contributed by atoms with Gasteiger partial charge in [0.15, 0.2) is 0 Å². The fraction of sp³-hybridized carbons (Fsp3) is 0.750. The second kappa shape index (κ2) is 2.69. The van der Waals surface area contributed by atoms with Crippen LogP contribution in [0.3, 0.4) is 0 Å². The van der Waals surface area contributed by atoms with Crippen molar-refractivity contribution in [1.82, 2.24) is 0 Å². The third-order valence-corrected chi connectivity index (χ3v) is 0.464. The lowest BCUT2D eigenvalue weighted by atomic mass is 11.1. The Bertz CT molecular complexity index is 49.5. The van der Waals surface area contributed by atoms with Gasteiger partial charge in [0.05, 0.1) is 0 Å². The molecule has 2 nitrogen and oxygen atoms in total. The minimum Gasteiger partial charge on any atom is -0.481 e. The largest absolute Gasteiger partial charge is 0.481 e. The van der Waals surface area contributed by atoms with Crippen molar-refractivity contribution in [2.24, 2.45) is 0 Å². The fourth-order valence-corrected chi connectivity index (χ4v) is 0.214. The van der Waals surface area contributed by atoms with Crippen LogP contribution in [0.4, 0.5) is 0 Å². The lowest BCUT2D eigenvalue weighted by Gasteiger charge is -1.79. The Hall–Kier alpha value is -0.530. The van der Waals surface area contributed by atoms with Gasteiger partial charge in [-0.3, -0.25) is 4.79 Å². The lowest BCUT2D eigenvalue weighted by molar-refractivity contribution is -0.137. The van der Waals surface area contributed by atoms with Crippen molar-refractivity contribution in [3.8, 4) is 0 Å². The summed E-state index contributed by atoms with van der Waals surface area (Å²) in [6, 6.07) is 0. The summed E-state index contributed by atoms with van der Waals surface area (Å²) in [5.41, 5.74) is 0. The molecule has 0 bridgehead atoms. The van der Waals surface area contributed by atoms with Crippen molar-refractivity contribution in [2.75, 3.05) is 0 Å². The van der Waals surface area contributed by atoms with Crippen LogP contribution in [-0.2, 0) is 4.79 Å². The number of carboxylic acid groups (broad SMARTS) is 1. The Morgan fingerprint density at radius 2 is 2.33 bits per heavy atom. The number of hydrogen-bond acceptors (Lipinski definition) is 1. The minimum atomic E-state index is -0.711. The van der Waals surface area contributed by atoms with Crippen LogP contribution in [0.5, 0.6) is 0 Å². The number of aliphatic carboxylic acids is 1. The predicted octanol–water partition coefficient (Wildman–Crippen LogP) is 0.871. The lowest BCUT2D eigenvalue weighted by Crippen LogP contribution is -1.90. The zero-order valence-electron chi connectivity index (χ0n) is 3.77. The van der Waals surface area contributed by atoms with Crippen LogP contribution >= 0.6 is 0 Å². The molecule has 36 valence electrons. The van der Waals surface area contributed by atoms with Gasteiger partial charge in [-0.2, -0.15) is 0 Å². The Kier molecular flexibility index (Phi) is 2.46. The van der Waals surface area contributed by atoms with E-state index < -0.39 is 5.97 Å². The molecule has 0 fully saturated rings. The average molecular weight is 91.1 g/mol. The molecule has 0 heterocycles. The summed E-state index contributed by atoms with van der Waals surface area (Å²) >= 11 is 0. The van der Waals surface area contributed by atoms with Gasteiger partial charge in [0.1, 0.15) is 0 Å². The summed E-state index contributed by atoms with van der Waals surface area (Å²) in [5.74, 6) is -0.711. The highest BCUT2D eigenvalue weighted by Gasteiger charge is 1.87. The van der Waals surface area contributed by atoms with Crippen LogP contribution in [0.25, 0.3) is 0 Å². The summed E-state index contributed by atoms with van der Waals surface area (Å²) < 4.78 is 0. The van der Waals surface area contributed by atoms with Gasteiger partial charge >= 0.3 is 5.97 Å². The molecule has 0 aliphatic rings. The Labute approximate surface area is 36.8 Å². The van der Waals surface area contributed by atoms with Crippen molar-refractivity contribution in [3.63, 3.8) is 0 Å². The standard InChI is InChI=1S/C4H8O2/c1-2-3-4(5)6/h2-3H2,1H3,(H,5,6)/i2+1,3+1,4+1. The van der Waals surface area contributed by atoms with Gasteiger partial charge in [-0.1, -0.05) is 6.92 Å². The number of carboxylic acids is 1. The van der Waals surface area contributed by atoms with Crippen LogP contribution in [0.2, 0.25) is 0 Å². The van der Waals surface area contributed by atoms with Gasteiger partial charge in [0.2, 0.25) is 0 Å². The maximum atomic E-state index is 9.60. The minimum absolute atomic E-state index is 0.292. The molecule has 0 aromatic carbocycles. The summed E-state index contributed by atoms with van der Waals surface area (Å²) in [5, 5.41) is 7.91. The molecular formula is C4H8O2. The van der Waals surface area contributed by atoms with Crippen molar-refractivity contribution in [3.05, 3.63) is 0 Å². The highest BCUT2D eigenvalue weighted by molar-refractivity contribution is 5.66. The SMILES string of the molecule is C[13CH2][13CH2][13C](=O)O. The Morgan fingerprint density at radius 1 is 1.83 bits per heavy atom. The summed E-state index contributed by atoms with van der Waals surface area (Å²) in [6.45, 7) is 1.84. The van der Waals surface area contributed by atoms with Crippen molar-refractivity contribution in [1.29, 1.82) is 0 Å². The highest BCUT2D eigenvalue weighted by atomic mass is 16.5. The Morgan fingerprint density at radius 3 is 2.33 bits per heavy atom. The number of rotatable bonds is 2. The second-order valence-electron chi connectivity index (χ2n) is 1.14. The molecule has 2 heteroatoms. The molecular weight excluding hydrogens is 83.0 g/mol. The van der Waals surface area contributed by atoms with Crippen molar-refractivity contribution in [2.45, 2.75) is 19.8 Å². The molecule has 1 N–H and O–H groups in total. The van der Waals surface area contributed by atoms with Gasteiger partial charge in [-0.25, -0.2) is 0 Å². The van der Waals surface area contributed by atoms with E-state index in [4.69, 9.17) is 5.11 Å². The monoisotopic (exact) mass is 91.1 g/mol. The van der Waals surface area contributed by atoms with E-state index in [9.17, 15) is 4.79 Å². The fourth-order valence-electron chi connectivity index (χ4n) is 0.214. The predicted molar refractivity (Wildman–Crippen MR) is 22.5 cm³/mol. The van der Waals surface area contributed by atoms with Gasteiger partial charge < -0.3 is 5.11 Å². The summed E-state index contributed by atoms with van der Waals surface area (Å²) in [6.07, 6.45) is 1.02. The number of hydrogen-bond donors (Lipinski definition) is 1. The first-order valence-electron chi connectivity index (χ1n) is 1.99. The molecule has 0 atom stereocenters. The molecule has 0 rings (SSSR count). The first-order valence-corrected chi connectivity index (χ1v) is 1.99. The molecule has 0 aliphatic heterocycles. The van der Waals surface area contributed by atoms with Crippen LogP contribution in [0.1, 0.15) is 19.8 Å². The third kappa shape index (κ3) is 3.47. The van der Waals surface area contributed by atoms with Gasteiger partial charge in [0.25, 0.3) is 0 Å². The first kappa shape index (κ1) is 5.47. The van der Waals surface area contributed by atoms with E-state index in [1.165, 1.54) is 0 Å². The molecule has 0 aromatic heterocycles. The number of carbonyl (C=O) groups is 1. The van der Waals surface area contributed by atoms with Crippen LogP contribution in [-0.4, -0.2) is 11.1 Å². The van der Waals surface area contributed by atoms with E-state index in [0.717, 1.165) is 6.42 Å². The molecule has 6 heavy (non-hydrogen) atoms. The van der Waals surface area contributed by atoms with Crippen LogP contribution in [0.15, 0.2) is 0 Å². The third-order valence-electron chi connectivity index (χ3n) is 0.464. The van der Waals surface area contributed by atoms with Crippen LogP contribution in [0, 0.1) is 0 Å². The van der Waals surface area contributed by atoms with Gasteiger partial charge in [0, 0.05) is 6.42 Å². The highest BCUT2D eigenvalue weighted by Crippen LogP contribution is 1.82. The van der Waals surface area contributed by atoms with Gasteiger partial charge in [-0.15, -0.1) is 0 Å². The van der Waals surface area contributed by atoms with Crippen LogP contribution < -0.4 is 0 Å². The quantitative estimate of drug-likeness (QED) is 0.512. The molecule has 0 spiro atoms. The smallest absolute Gasteiger partial charge is 0.303 e. The molecule has 0 saturated heterocycles. The molecule has 0 aliphatic carbocycles. The van der Waals surface area contributed by atoms with E-state index in [1.54, 1.807) is 0 Å². The summed E-state index contributed by atoms with van der Waals surface area (Å²) in [7, 11) is 0. The van der Waals surface area contributed by atoms with E-state index in [2.05, 4.69) is 0 Å². The molecule has 0 aromatic rings. The van der Waals surface area contributed by atoms with E-state index in [0.29, 0.717) is 6.42 Å². The first-order chi connectivity index (χ1) is 2.77. The normalized spacial score (nSPS) is 8.17. The Balaban J connectivity index is 2.83. The average Bonchev–Trinajstić information content (AvgIpc) is 1.35. The van der Waals surface area contributed by atoms with E-state index in [-0.39, 0.29) is 0 Å². The molecule has 0 unspecified atom stereocenters. The topological polar surface area (TPSA) is 37.3 Å². The van der Waals surface area contributed by atoms with Gasteiger partial charge in [-0.05, 0) is 6.42 Å². The molecule has 0 radical (unpaired) electrons. The van der Waals surface area contributed by atoms with Crippen molar-refractivity contribution < 1.29 is 9.90 Å². The summed E-state index contributed by atoms with van der Waals surface area (Å²) in [4.78, 5) is 9.60. The maximum Gasteiger partial charge on any atom is 0.303 e. The molecule has 0 saturated carbocycles. The maximum absolute atomic E-state index is 9.60. The van der Waals surface area contributed by atoms with E-state index >= 15 is 0 Å². The zero-order chi connectivity index (χ0) is 4.99. The zero-order valence-corrected chi connectivity index (χ0v) is 3.77. The van der Waals surface area contributed by atoms with E-state index in [1.807, 2.05) is 6.92 Å². The van der Waals surface area contributed by atoms with Crippen molar-refractivity contribution >= 4 is 5.97 Å². The molecule has 0 amide bonds.